The second-order valence-corrected chi connectivity index (χ2v) is 5.74. The van der Waals surface area contributed by atoms with Gasteiger partial charge in [0.05, 0.1) is 5.54 Å². The summed E-state index contributed by atoms with van der Waals surface area (Å²) in [6, 6.07) is 8.03. The van der Waals surface area contributed by atoms with Crippen molar-refractivity contribution in [1.82, 2.24) is 5.32 Å². The molecule has 4 heteroatoms. The fraction of sp³-hybridized carbons (Fsp3) is 0.462. The molecule has 3 N–H and O–H groups in total. The van der Waals surface area contributed by atoms with Crippen molar-refractivity contribution >= 4 is 21.8 Å². The summed E-state index contributed by atoms with van der Waals surface area (Å²) in [5.41, 5.74) is 6.66. The van der Waals surface area contributed by atoms with Crippen LogP contribution >= 0.6 is 15.9 Å². The Kier molecular flexibility index (Phi) is 3.54. The van der Waals surface area contributed by atoms with E-state index in [4.69, 9.17) is 5.73 Å². The van der Waals surface area contributed by atoms with Crippen LogP contribution in [-0.2, 0) is 10.3 Å². The second kappa shape index (κ2) is 4.78. The topological polar surface area (TPSA) is 55.1 Å². The molecule has 1 amide bonds. The van der Waals surface area contributed by atoms with E-state index in [0.29, 0.717) is 6.42 Å². The molecule has 2 rings (SSSR count). The molecule has 17 heavy (non-hydrogen) atoms. The molecule has 1 aliphatic carbocycles. The van der Waals surface area contributed by atoms with Crippen molar-refractivity contribution in [2.75, 3.05) is 0 Å². The molecule has 1 aliphatic rings. The summed E-state index contributed by atoms with van der Waals surface area (Å²) in [5, 5.41) is 3.10. The standard InChI is InChI=1S/C13H17BrN2O/c1-9(15)7-12(17)16-13(5-6-13)10-3-2-4-11(14)8-10/h2-4,8-9H,5-7,15H2,1H3,(H,16,17). The Morgan fingerprint density at radius 2 is 2.29 bits per heavy atom. The molecule has 0 heterocycles. The number of halogens is 1. The third-order valence-corrected chi connectivity index (χ3v) is 3.51. The molecule has 0 saturated heterocycles. The van der Waals surface area contributed by atoms with E-state index < -0.39 is 0 Å². The number of nitrogens with two attached hydrogens (primary N) is 1. The lowest BCUT2D eigenvalue weighted by molar-refractivity contribution is -0.122. The number of benzene rings is 1. The van der Waals surface area contributed by atoms with Crippen LogP contribution in [0.5, 0.6) is 0 Å². The van der Waals surface area contributed by atoms with Crippen LogP contribution in [0.1, 0.15) is 31.7 Å². The maximum absolute atomic E-state index is 11.8. The van der Waals surface area contributed by atoms with E-state index in [2.05, 4.69) is 33.4 Å². The van der Waals surface area contributed by atoms with Crippen molar-refractivity contribution < 1.29 is 4.79 Å². The summed E-state index contributed by atoms with van der Waals surface area (Å²) in [5.74, 6) is 0.0393. The zero-order valence-corrected chi connectivity index (χ0v) is 11.5. The predicted octanol–water partition coefficient (Wildman–Crippen LogP) is 2.29. The van der Waals surface area contributed by atoms with E-state index in [1.807, 2.05) is 19.1 Å². The highest BCUT2D eigenvalue weighted by Gasteiger charge is 2.45. The first-order chi connectivity index (χ1) is 8.02. The third kappa shape index (κ3) is 3.07. The van der Waals surface area contributed by atoms with Gasteiger partial charge in [-0.05, 0) is 37.5 Å². The van der Waals surface area contributed by atoms with Gasteiger partial charge in [-0.3, -0.25) is 4.79 Å². The van der Waals surface area contributed by atoms with Crippen molar-refractivity contribution in [1.29, 1.82) is 0 Å². The fourth-order valence-electron chi connectivity index (χ4n) is 2.01. The summed E-state index contributed by atoms with van der Waals surface area (Å²) >= 11 is 3.46. The second-order valence-electron chi connectivity index (χ2n) is 4.82. The van der Waals surface area contributed by atoms with E-state index >= 15 is 0 Å². The lowest BCUT2D eigenvalue weighted by atomic mass is 10.0. The van der Waals surface area contributed by atoms with Crippen molar-refractivity contribution in [3.8, 4) is 0 Å². The van der Waals surface area contributed by atoms with Gasteiger partial charge < -0.3 is 11.1 Å². The molecule has 0 radical (unpaired) electrons. The highest BCUT2D eigenvalue weighted by Crippen LogP contribution is 2.46. The van der Waals surface area contributed by atoms with Crippen LogP contribution in [0.3, 0.4) is 0 Å². The number of rotatable bonds is 4. The predicted molar refractivity (Wildman–Crippen MR) is 71.5 cm³/mol. The van der Waals surface area contributed by atoms with Crippen molar-refractivity contribution in [2.45, 2.75) is 37.8 Å². The Labute approximate surface area is 110 Å². The van der Waals surface area contributed by atoms with Gasteiger partial charge in [0.2, 0.25) is 5.91 Å². The summed E-state index contributed by atoms with van der Waals surface area (Å²) in [6.45, 7) is 1.85. The Morgan fingerprint density at radius 3 is 2.82 bits per heavy atom. The van der Waals surface area contributed by atoms with Gasteiger partial charge in [-0.1, -0.05) is 28.1 Å². The molecule has 0 aliphatic heterocycles. The molecule has 92 valence electrons. The van der Waals surface area contributed by atoms with Crippen LogP contribution < -0.4 is 11.1 Å². The summed E-state index contributed by atoms with van der Waals surface area (Å²) in [4.78, 5) is 11.8. The van der Waals surface area contributed by atoms with Gasteiger partial charge in [0.25, 0.3) is 0 Å². The van der Waals surface area contributed by atoms with Crippen LogP contribution in [0.25, 0.3) is 0 Å². The first-order valence-corrected chi connectivity index (χ1v) is 6.64. The molecule has 1 atom stereocenters. The number of hydrogen-bond acceptors (Lipinski definition) is 2. The molecule has 1 unspecified atom stereocenters. The molecular formula is C13H17BrN2O. The summed E-state index contributed by atoms with van der Waals surface area (Å²) in [7, 11) is 0. The minimum absolute atomic E-state index is 0.0393. The highest BCUT2D eigenvalue weighted by molar-refractivity contribution is 9.10. The fourth-order valence-corrected chi connectivity index (χ4v) is 2.41. The number of hydrogen-bond donors (Lipinski definition) is 2. The first-order valence-electron chi connectivity index (χ1n) is 5.84. The smallest absolute Gasteiger partial charge is 0.222 e. The van der Waals surface area contributed by atoms with Crippen LogP contribution in [-0.4, -0.2) is 11.9 Å². The lowest BCUT2D eigenvalue weighted by Crippen LogP contribution is -2.37. The Balaban J connectivity index is 2.07. The SMILES string of the molecule is CC(N)CC(=O)NC1(c2cccc(Br)c2)CC1. The van der Waals surface area contributed by atoms with Crippen LogP contribution in [0.4, 0.5) is 0 Å². The molecule has 1 aromatic rings. The molecule has 1 fully saturated rings. The van der Waals surface area contributed by atoms with Crippen LogP contribution in [0, 0.1) is 0 Å². The van der Waals surface area contributed by atoms with Gasteiger partial charge in [-0.15, -0.1) is 0 Å². The van der Waals surface area contributed by atoms with Crippen molar-refractivity contribution in [3.63, 3.8) is 0 Å². The molecular weight excluding hydrogens is 280 g/mol. The largest absolute Gasteiger partial charge is 0.347 e. The third-order valence-electron chi connectivity index (χ3n) is 3.01. The highest BCUT2D eigenvalue weighted by atomic mass is 79.9. The van der Waals surface area contributed by atoms with E-state index in [0.717, 1.165) is 17.3 Å². The van der Waals surface area contributed by atoms with E-state index in [1.165, 1.54) is 5.56 Å². The molecule has 0 aromatic heterocycles. The summed E-state index contributed by atoms with van der Waals surface area (Å²) in [6.07, 6.45) is 2.40. The molecule has 3 nitrogen and oxygen atoms in total. The minimum atomic E-state index is -0.143. The number of carbonyl (C=O) groups excluding carboxylic acids is 1. The van der Waals surface area contributed by atoms with Gasteiger partial charge in [-0.25, -0.2) is 0 Å². The average molecular weight is 297 g/mol. The number of amides is 1. The molecule has 0 spiro atoms. The van der Waals surface area contributed by atoms with Crippen LogP contribution in [0.15, 0.2) is 28.7 Å². The van der Waals surface area contributed by atoms with Gasteiger partial charge in [-0.2, -0.15) is 0 Å². The molecule has 1 saturated carbocycles. The van der Waals surface area contributed by atoms with E-state index in [1.54, 1.807) is 0 Å². The maximum Gasteiger partial charge on any atom is 0.222 e. The van der Waals surface area contributed by atoms with Gasteiger partial charge in [0.15, 0.2) is 0 Å². The lowest BCUT2D eigenvalue weighted by Gasteiger charge is -2.19. The van der Waals surface area contributed by atoms with E-state index in [-0.39, 0.29) is 17.5 Å². The first kappa shape index (κ1) is 12.6. The zero-order chi connectivity index (χ0) is 12.5. The maximum atomic E-state index is 11.8. The van der Waals surface area contributed by atoms with Crippen molar-refractivity contribution in [3.05, 3.63) is 34.3 Å². The number of nitrogens with one attached hydrogen (secondary N) is 1. The average Bonchev–Trinajstić information content (AvgIpc) is 2.97. The zero-order valence-electron chi connectivity index (χ0n) is 9.87. The van der Waals surface area contributed by atoms with E-state index in [9.17, 15) is 4.79 Å². The van der Waals surface area contributed by atoms with Gasteiger partial charge in [0, 0.05) is 16.9 Å². The summed E-state index contributed by atoms with van der Waals surface area (Å²) < 4.78 is 1.04. The Morgan fingerprint density at radius 1 is 1.59 bits per heavy atom. The Hall–Kier alpha value is -0.870. The van der Waals surface area contributed by atoms with Crippen molar-refractivity contribution in [2.24, 2.45) is 5.73 Å². The van der Waals surface area contributed by atoms with Crippen LogP contribution in [0.2, 0.25) is 0 Å². The molecule has 1 aromatic carbocycles. The minimum Gasteiger partial charge on any atom is -0.347 e. The number of carbonyl (C=O) groups is 1. The van der Waals surface area contributed by atoms with Gasteiger partial charge >= 0.3 is 0 Å². The monoisotopic (exact) mass is 296 g/mol. The Bertz CT molecular complexity index is 427. The normalized spacial score (nSPS) is 18.5. The van der Waals surface area contributed by atoms with Gasteiger partial charge in [0.1, 0.15) is 0 Å². The molecule has 0 bridgehead atoms. The quantitative estimate of drug-likeness (QED) is 0.896.